The van der Waals surface area contributed by atoms with Crippen LogP contribution in [0, 0.1) is 5.82 Å². The van der Waals surface area contributed by atoms with Crippen LogP contribution in [0.25, 0.3) is 10.9 Å². The van der Waals surface area contributed by atoms with Crippen LogP contribution in [0.5, 0.6) is 5.75 Å². The van der Waals surface area contributed by atoms with Crippen LogP contribution in [-0.4, -0.2) is 18.6 Å². The summed E-state index contributed by atoms with van der Waals surface area (Å²) in [4.78, 5) is 3.51. The van der Waals surface area contributed by atoms with Crippen LogP contribution in [0.3, 0.4) is 0 Å². The molecule has 130 valence electrons. The molecular weight excluding hydrogens is 315 g/mol. The van der Waals surface area contributed by atoms with Crippen LogP contribution < -0.4 is 10.1 Å². The van der Waals surface area contributed by atoms with Crippen molar-refractivity contribution in [2.75, 3.05) is 13.7 Å². The average molecular weight is 338 g/mol. The zero-order valence-corrected chi connectivity index (χ0v) is 14.8. The molecule has 1 aromatic heterocycles. The third-order valence-electron chi connectivity index (χ3n) is 5.14. The minimum absolute atomic E-state index is 0.0212. The van der Waals surface area contributed by atoms with Gasteiger partial charge in [0, 0.05) is 28.7 Å². The number of nitrogens with one attached hydrogen (secondary N) is 2. The Morgan fingerprint density at radius 1 is 1.16 bits per heavy atom. The Morgan fingerprint density at radius 3 is 2.76 bits per heavy atom. The Bertz CT molecular complexity index is 929. The molecule has 0 aliphatic carbocycles. The quantitative estimate of drug-likeness (QED) is 0.728. The lowest BCUT2D eigenvalue weighted by Gasteiger charge is -2.27. The fourth-order valence-electron chi connectivity index (χ4n) is 3.80. The molecule has 1 unspecified atom stereocenters. The normalized spacial score (nSPS) is 17.1. The third-order valence-corrected chi connectivity index (χ3v) is 5.14. The summed E-state index contributed by atoms with van der Waals surface area (Å²) >= 11 is 0. The maximum Gasteiger partial charge on any atom is 0.124 e. The van der Waals surface area contributed by atoms with E-state index in [1.54, 1.807) is 13.2 Å². The number of fused-ring (bicyclic) bond motifs is 3. The predicted octanol–water partition coefficient (Wildman–Crippen LogP) is 4.67. The molecule has 2 aromatic carbocycles. The maximum absolute atomic E-state index is 13.7. The second-order valence-electron chi connectivity index (χ2n) is 7.00. The van der Waals surface area contributed by atoms with Gasteiger partial charge < -0.3 is 15.0 Å². The predicted molar refractivity (Wildman–Crippen MR) is 98.9 cm³/mol. The maximum atomic E-state index is 13.7. The first-order valence-electron chi connectivity index (χ1n) is 8.79. The number of halogens is 1. The van der Waals surface area contributed by atoms with Gasteiger partial charge in [-0.15, -0.1) is 0 Å². The number of hydrogen-bond acceptors (Lipinski definition) is 2. The van der Waals surface area contributed by atoms with Gasteiger partial charge in [-0.1, -0.05) is 19.9 Å². The molecule has 4 rings (SSSR count). The highest BCUT2D eigenvalue weighted by Gasteiger charge is 2.27. The number of benzene rings is 2. The van der Waals surface area contributed by atoms with Gasteiger partial charge in [-0.05, 0) is 53.8 Å². The highest BCUT2D eigenvalue weighted by atomic mass is 19.1. The number of methoxy groups -OCH3 is 1. The van der Waals surface area contributed by atoms with E-state index in [4.69, 9.17) is 4.74 Å². The molecule has 1 aliphatic rings. The van der Waals surface area contributed by atoms with Gasteiger partial charge in [0.2, 0.25) is 0 Å². The zero-order chi connectivity index (χ0) is 17.6. The van der Waals surface area contributed by atoms with Crippen LogP contribution in [-0.2, 0) is 6.42 Å². The molecule has 0 radical (unpaired) electrons. The SMILES string of the molecule is COc1ccc(C(C)C)cc1C1NCCc2c1[nH]c1ccc(F)cc21. The lowest BCUT2D eigenvalue weighted by Crippen LogP contribution is -2.30. The van der Waals surface area contributed by atoms with Gasteiger partial charge in [0.15, 0.2) is 0 Å². The monoisotopic (exact) mass is 338 g/mol. The van der Waals surface area contributed by atoms with Gasteiger partial charge >= 0.3 is 0 Å². The largest absolute Gasteiger partial charge is 0.496 e. The van der Waals surface area contributed by atoms with Crippen molar-refractivity contribution in [1.29, 1.82) is 0 Å². The van der Waals surface area contributed by atoms with Crippen molar-refractivity contribution in [3.05, 3.63) is 64.6 Å². The van der Waals surface area contributed by atoms with E-state index in [0.29, 0.717) is 5.92 Å². The van der Waals surface area contributed by atoms with E-state index in [2.05, 4.69) is 36.3 Å². The van der Waals surface area contributed by atoms with Crippen LogP contribution in [0.2, 0.25) is 0 Å². The van der Waals surface area contributed by atoms with Crippen molar-refractivity contribution in [1.82, 2.24) is 10.3 Å². The number of rotatable bonds is 3. The molecule has 0 saturated carbocycles. The molecule has 0 fully saturated rings. The van der Waals surface area contributed by atoms with E-state index in [0.717, 1.165) is 40.9 Å². The third kappa shape index (κ3) is 2.71. The van der Waals surface area contributed by atoms with Gasteiger partial charge in [-0.3, -0.25) is 0 Å². The number of ether oxygens (including phenoxy) is 1. The van der Waals surface area contributed by atoms with Crippen molar-refractivity contribution >= 4 is 10.9 Å². The van der Waals surface area contributed by atoms with E-state index in [1.165, 1.54) is 17.2 Å². The Balaban J connectivity index is 1.89. The summed E-state index contributed by atoms with van der Waals surface area (Å²) in [5, 5.41) is 4.59. The van der Waals surface area contributed by atoms with E-state index in [-0.39, 0.29) is 11.9 Å². The second kappa shape index (κ2) is 6.19. The highest BCUT2D eigenvalue weighted by molar-refractivity contribution is 5.85. The molecule has 2 heterocycles. The van der Waals surface area contributed by atoms with Crippen LogP contribution in [0.1, 0.15) is 48.2 Å². The van der Waals surface area contributed by atoms with E-state index in [1.807, 2.05) is 12.1 Å². The molecular formula is C21H23FN2O. The fourth-order valence-corrected chi connectivity index (χ4v) is 3.80. The highest BCUT2D eigenvalue weighted by Crippen LogP contribution is 2.38. The van der Waals surface area contributed by atoms with Gasteiger partial charge in [-0.25, -0.2) is 4.39 Å². The van der Waals surface area contributed by atoms with Crippen molar-refractivity contribution < 1.29 is 9.13 Å². The number of aromatic nitrogens is 1. The first-order valence-corrected chi connectivity index (χ1v) is 8.79. The molecule has 0 saturated heterocycles. The van der Waals surface area contributed by atoms with Crippen LogP contribution >= 0.6 is 0 Å². The van der Waals surface area contributed by atoms with Crippen molar-refractivity contribution in [2.45, 2.75) is 32.2 Å². The Kier molecular flexibility index (Phi) is 4.00. The number of hydrogen-bond donors (Lipinski definition) is 2. The van der Waals surface area contributed by atoms with Gasteiger partial charge in [0.25, 0.3) is 0 Å². The molecule has 4 heteroatoms. The second-order valence-corrected chi connectivity index (χ2v) is 7.00. The summed E-state index contributed by atoms with van der Waals surface area (Å²) in [5.74, 6) is 1.13. The van der Waals surface area contributed by atoms with Gasteiger partial charge in [0.1, 0.15) is 11.6 Å². The first kappa shape index (κ1) is 16.2. The molecule has 0 bridgehead atoms. The summed E-state index contributed by atoms with van der Waals surface area (Å²) in [7, 11) is 1.71. The molecule has 1 aliphatic heterocycles. The molecule has 0 amide bonds. The average Bonchev–Trinajstić information content (AvgIpc) is 2.99. The molecule has 1 atom stereocenters. The van der Waals surface area contributed by atoms with E-state index >= 15 is 0 Å². The minimum Gasteiger partial charge on any atom is -0.496 e. The summed E-state index contributed by atoms with van der Waals surface area (Å²) in [5.41, 5.74) is 5.72. The minimum atomic E-state index is -0.191. The van der Waals surface area contributed by atoms with E-state index in [9.17, 15) is 4.39 Å². The Hall–Kier alpha value is -2.33. The molecule has 3 aromatic rings. The van der Waals surface area contributed by atoms with E-state index < -0.39 is 0 Å². The Labute approximate surface area is 147 Å². The number of aromatic amines is 1. The molecule has 2 N–H and O–H groups in total. The summed E-state index contributed by atoms with van der Waals surface area (Å²) in [6.07, 6.45) is 0.890. The summed E-state index contributed by atoms with van der Waals surface area (Å²) in [6, 6.07) is 11.4. The Morgan fingerprint density at radius 2 is 2.00 bits per heavy atom. The van der Waals surface area contributed by atoms with Crippen molar-refractivity contribution in [3.63, 3.8) is 0 Å². The smallest absolute Gasteiger partial charge is 0.124 e. The van der Waals surface area contributed by atoms with Gasteiger partial charge in [0.05, 0.1) is 13.2 Å². The molecule has 3 nitrogen and oxygen atoms in total. The van der Waals surface area contributed by atoms with Crippen LogP contribution in [0.4, 0.5) is 4.39 Å². The van der Waals surface area contributed by atoms with Gasteiger partial charge in [-0.2, -0.15) is 0 Å². The zero-order valence-electron chi connectivity index (χ0n) is 14.8. The summed E-state index contributed by atoms with van der Waals surface area (Å²) in [6.45, 7) is 5.24. The number of H-pyrrole nitrogens is 1. The summed E-state index contributed by atoms with van der Waals surface area (Å²) < 4.78 is 19.3. The molecule has 25 heavy (non-hydrogen) atoms. The topological polar surface area (TPSA) is 37.0 Å². The molecule has 0 spiro atoms. The van der Waals surface area contributed by atoms with Crippen molar-refractivity contribution in [2.24, 2.45) is 0 Å². The van der Waals surface area contributed by atoms with Crippen molar-refractivity contribution in [3.8, 4) is 5.75 Å². The lowest BCUT2D eigenvalue weighted by atomic mass is 9.91. The lowest BCUT2D eigenvalue weighted by molar-refractivity contribution is 0.401. The standard InChI is InChI=1S/C21H23FN2O/c1-12(2)13-4-7-19(25-3)17(10-13)20-21-15(8-9-23-20)16-11-14(22)5-6-18(16)24-21/h4-7,10-12,20,23-24H,8-9H2,1-3H3. The van der Waals surface area contributed by atoms with Crippen LogP contribution in [0.15, 0.2) is 36.4 Å². The fraction of sp³-hybridized carbons (Fsp3) is 0.333. The first-order chi connectivity index (χ1) is 12.1.